The van der Waals surface area contributed by atoms with Crippen molar-refractivity contribution in [1.82, 2.24) is 19.9 Å². The van der Waals surface area contributed by atoms with Gasteiger partial charge >= 0.3 is 0 Å². The van der Waals surface area contributed by atoms with Crippen molar-refractivity contribution in [3.05, 3.63) is 11.7 Å². The summed E-state index contributed by atoms with van der Waals surface area (Å²) in [5, 5.41) is 14.0. The molecule has 0 amide bonds. The van der Waals surface area contributed by atoms with Gasteiger partial charge in [0.1, 0.15) is 0 Å². The predicted octanol–water partition coefficient (Wildman–Crippen LogP) is 1.40. The molecule has 1 aromatic rings. The van der Waals surface area contributed by atoms with Gasteiger partial charge < -0.3 is 9.63 Å². The fourth-order valence-corrected chi connectivity index (χ4v) is 2.94. The summed E-state index contributed by atoms with van der Waals surface area (Å²) in [6, 6.07) is 0.175. The Labute approximate surface area is 126 Å². The zero-order valence-electron chi connectivity index (χ0n) is 13.2. The minimum Gasteiger partial charge on any atom is -0.389 e. The van der Waals surface area contributed by atoms with E-state index in [2.05, 4.69) is 26.9 Å². The van der Waals surface area contributed by atoms with Gasteiger partial charge in [0, 0.05) is 38.6 Å². The third-order valence-electron chi connectivity index (χ3n) is 4.32. The third kappa shape index (κ3) is 3.81. The maximum atomic E-state index is 9.90. The fraction of sp³-hybridized carbons (Fsp3) is 0.867. The first-order chi connectivity index (χ1) is 9.92. The van der Waals surface area contributed by atoms with Gasteiger partial charge in [-0.3, -0.25) is 9.80 Å². The molecule has 1 N–H and O–H groups in total. The molecule has 0 aromatic carbocycles. The number of hydrogen-bond acceptors (Lipinski definition) is 6. The van der Waals surface area contributed by atoms with Gasteiger partial charge in [0.05, 0.1) is 11.6 Å². The van der Waals surface area contributed by atoms with Crippen LogP contribution >= 0.6 is 0 Å². The molecule has 0 unspecified atom stereocenters. The Balaban J connectivity index is 1.53. The molecule has 1 saturated carbocycles. The fourth-order valence-electron chi connectivity index (χ4n) is 2.94. The van der Waals surface area contributed by atoms with E-state index in [-0.39, 0.29) is 6.04 Å². The number of β-amino-alcohol motifs (C(OH)–C–C–N with tert-alkyl or cyclic N) is 1. The van der Waals surface area contributed by atoms with Gasteiger partial charge in [0.25, 0.3) is 0 Å². The van der Waals surface area contributed by atoms with Crippen LogP contribution in [0.1, 0.15) is 57.3 Å². The molecule has 1 aliphatic heterocycles. The highest BCUT2D eigenvalue weighted by atomic mass is 16.5. The largest absolute Gasteiger partial charge is 0.389 e. The van der Waals surface area contributed by atoms with Crippen LogP contribution in [-0.4, -0.2) is 63.4 Å². The van der Waals surface area contributed by atoms with Gasteiger partial charge in [-0.05, 0) is 33.6 Å². The van der Waals surface area contributed by atoms with Crippen molar-refractivity contribution in [1.29, 1.82) is 0 Å². The molecule has 6 nitrogen and oxygen atoms in total. The van der Waals surface area contributed by atoms with E-state index in [1.54, 1.807) is 0 Å². The predicted molar refractivity (Wildman–Crippen MR) is 79.0 cm³/mol. The van der Waals surface area contributed by atoms with E-state index < -0.39 is 5.60 Å². The summed E-state index contributed by atoms with van der Waals surface area (Å²) < 4.78 is 5.43. The quantitative estimate of drug-likeness (QED) is 0.885. The Kier molecular flexibility index (Phi) is 4.03. The molecule has 2 aliphatic rings. The second kappa shape index (κ2) is 5.66. The summed E-state index contributed by atoms with van der Waals surface area (Å²) in [4.78, 5) is 9.24. The maximum absolute atomic E-state index is 9.90. The summed E-state index contributed by atoms with van der Waals surface area (Å²) in [5.41, 5.74) is -0.626. The van der Waals surface area contributed by atoms with E-state index in [9.17, 15) is 5.11 Å². The highest BCUT2D eigenvalue weighted by molar-refractivity contribution is 5.04. The van der Waals surface area contributed by atoms with Gasteiger partial charge in [-0.1, -0.05) is 5.16 Å². The average molecular weight is 294 g/mol. The number of aromatic nitrogens is 2. The summed E-state index contributed by atoms with van der Waals surface area (Å²) in [7, 11) is 0. The Morgan fingerprint density at radius 1 is 1.29 bits per heavy atom. The van der Waals surface area contributed by atoms with Crippen LogP contribution in [0.15, 0.2) is 4.52 Å². The monoisotopic (exact) mass is 294 g/mol. The van der Waals surface area contributed by atoms with Crippen LogP contribution in [0.25, 0.3) is 0 Å². The minimum absolute atomic E-state index is 0.175. The topological polar surface area (TPSA) is 65.6 Å². The lowest BCUT2D eigenvalue weighted by molar-refractivity contribution is 0.00958. The SMILES string of the molecule is C[C@H](c1nc(C2CC2)no1)N1CCN(CC(C)(C)O)CC1. The summed E-state index contributed by atoms with van der Waals surface area (Å²) >= 11 is 0. The first-order valence-corrected chi connectivity index (χ1v) is 7.95. The molecule has 1 aromatic heterocycles. The number of nitrogens with zero attached hydrogens (tertiary/aromatic N) is 4. The standard InChI is InChI=1S/C15H26N4O2/c1-11(14-16-13(17-21-14)12-4-5-12)19-8-6-18(7-9-19)10-15(2,3)20/h11-12,20H,4-10H2,1-3H3/t11-/m1/s1. The van der Waals surface area contributed by atoms with Crippen molar-refractivity contribution in [2.75, 3.05) is 32.7 Å². The number of rotatable bonds is 5. The molecule has 0 spiro atoms. The van der Waals surface area contributed by atoms with Crippen molar-refractivity contribution < 1.29 is 9.63 Å². The van der Waals surface area contributed by atoms with E-state index in [1.807, 2.05) is 13.8 Å². The molecule has 21 heavy (non-hydrogen) atoms. The Morgan fingerprint density at radius 3 is 2.52 bits per heavy atom. The van der Waals surface area contributed by atoms with Gasteiger partial charge in [-0.25, -0.2) is 0 Å². The van der Waals surface area contributed by atoms with E-state index >= 15 is 0 Å². The van der Waals surface area contributed by atoms with Crippen molar-refractivity contribution in [2.24, 2.45) is 0 Å². The lowest BCUT2D eigenvalue weighted by atomic mass is 10.1. The van der Waals surface area contributed by atoms with E-state index in [0.29, 0.717) is 5.92 Å². The van der Waals surface area contributed by atoms with Crippen LogP contribution in [-0.2, 0) is 0 Å². The Bertz CT molecular complexity index is 470. The van der Waals surface area contributed by atoms with Gasteiger partial charge in [-0.15, -0.1) is 0 Å². The van der Waals surface area contributed by atoms with Crippen molar-refractivity contribution in [2.45, 2.75) is 51.2 Å². The minimum atomic E-state index is -0.626. The lowest BCUT2D eigenvalue weighted by Crippen LogP contribution is -2.50. The molecule has 2 heterocycles. The van der Waals surface area contributed by atoms with Crippen LogP contribution in [0.3, 0.4) is 0 Å². The van der Waals surface area contributed by atoms with Gasteiger partial charge in [0.2, 0.25) is 5.89 Å². The van der Waals surface area contributed by atoms with Crippen LogP contribution in [0.2, 0.25) is 0 Å². The second-order valence-corrected chi connectivity index (χ2v) is 7.07. The smallest absolute Gasteiger partial charge is 0.243 e. The molecule has 3 rings (SSSR count). The zero-order chi connectivity index (χ0) is 15.0. The highest BCUT2D eigenvalue weighted by Crippen LogP contribution is 2.38. The second-order valence-electron chi connectivity index (χ2n) is 7.07. The first kappa shape index (κ1) is 14.9. The average Bonchev–Trinajstić information content (AvgIpc) is 3.15. The molecule has 0 bridgehead atoms. The molecule has 1 aliphatic carbocycles. The third-order valence-corrected chi connectivity index (χ3v) is 4.32. The number of aliphatic hydroxyl groups is 1. The van der Waals surface area contributed by atoms with Crippen LogP contribution in [0, 0.1) is 0 Å². The first-order valence-electron chi connectivity index (χ1n) is 7.95. The molecular formula is C15H26N4O2. The van der Waals surface area contributed by atoms with Crippen LogP contribution in [0.4, 0.5) is 0 Å². The van der Waals surface area contributed by atoms with Gasteiger partial charge in [-0.2, -0.15) is 4.98 Å². The van der Waals surface area contributed by atoms with Crippen molar-refractivity contribution in [3.8, 4) is 0 Å². The van der Waals surface area contributed by atoms with E-state index in [0.717, 1.165) is 44.4 Å². The van der Waals surface area contributed by atoms with Crippen molar-refractivity contribution >= 4 is 0 Å². The summed E-state index contributed by atoms with van der Waals surface area (Å²) in [6.07, 6.45) is 2.39. The van der Waals surface area contributed by atoms with Crippen LogP contribution in [0.5, 0.6) is 0 Å². The molecule has 118 valence electrons. The summed E-state index contributed by atoms with van der Waals surface area (Å²) in [5.74, 6) is 2.17. The molecule has 1 atom stereocenters. The van der Waals surface area contributed by atoms with Crippen molar-refractivity contribution in [3.63, 3.8) is 0 Å². The molecule has 0 radical (unpaired) electrons. The number of hydrogen-bond donors (Lipinski definition) is 1. The highest BCUT2D eigenvalue weighted by Gasteiger charge is 2.32. The normalized spacial score (nSPS) is 23.4. The van der Waals surface area contributed by atoms with Gasteiger partial charge in [0.15, 0.2) is 5.82 Å². The van der Waals surface area contributed by atoms with E-state index in [1.165, 1.54) is 12.8 Å². The Hall–Kier alpha value is -0.980. The maximum Gasteiger partial charge on any atom is 0.243 e. The van der Waals surface area contributed by atoms with Crippen LogP contribution < -0.4 is 0 Å². The molecule has 2 fully saturated rings. The molecule has 1 saturated heterocycles. The Morgan fingerprint density at radius 2 is 1.95 bits per heavy atom. The number of piperazine rings is 1. The molecular weight excluding hydrogens is 268 g/mol. The zero-order valence-corrected chi connectivity index (χ0v) is 13.2. The lowest BCUT2D eigenvalue weighted by Gasteiger charge is -2.38. The molecule has 6 heteroatoms. The van der Waals surface area contributed by atoms with E-state index in [4.69, 9.17) is 4.52 Å². The summed E-state index contributed by atoms with van der Waals surface area (Å²) in [6.45, 7) is 10.5.